The average molecular weight is 387 g/mol. The molecule has 0 fully saturated rings. The number of hydrogen-bond donors (Lipinski definition) is 2. The summed E-state index contributed by atoms with van der Waals surface area (Å²) in [5.41, 5.74) is 1.10. The van der Waals surface area contributed by atoms with Gasteiger partial charge in [-0.1, -0.05) is 12.1 Å². The van der Waals surface area contributed by atoms with E-state index in [1.807, 2.05) is 25.1 Å². The number of rotatable bonds is 4. The molecule has 2 aromatic rings. The van der Waals surface area contributed by atoms with Crippen LogP contribution in [-0.2, 0) is 11.0 Å². The fourth-order valence-corrected chi connectivity index (χ4v) is 2.55. The molecular formula is C16H14BrF3N2O. The predicted octanol–water partition coefficient (Wildman–Crippen LogP) is 4.83. The lowest BCUT2D eigenvalue weighted by atomic mass is 10.2. The maximum Gasteiger partial charge on any atom is 0.416 e. The number of nitrogens with one attached hydrogen (secondary N) is 2. The first-order valence-electron chi connectivity index (χ1n) is 6.73. The van der Waals surface area contributed by atoms with Gasteiger partial charge in [0.15, 0.2) is 0 Å². The van der Waals surface area contributed by atoms with Gasteiger partial charge in [-0.3, -0.25) is 4.79 Å². The van der Waals surface area contributed by atoms with Crippen LogP contribution in [0.1, 0.15) is 11.1 Å². The van der Waals surface area contributed by atoms with E-state index >= 15 is 0 Å². The molecule has 0 saturated carbocycles. The lowest BCUT2D eigenvalue weighted by molar-refractivity contribution is -0.137. The number of halogens is 4. The highest BCUT2D eigenvalue weighted by Crippen LogP contribution is 2.30. The van der Waals surface area contributed by atoms with Gasteiger partial charge in [0.25, 0.3) is 0 Å². The van der Waals surface area contributed by atoms with Gasteiger partial charge in [-0.2, -0.15) is 13.2 Å². The quantitative estimate of drug-likeness (QED) is 0.790. The van der Waals surface area contributed by atoms with Gasteiger partial charge in [-0.15, -0.1) is 0 Å². The van der Waals surface area contributed by atoms with Gasteiger partial charge in [0.2, 0.25) is 5.91 Å². The summed E-state index contributed by atoms with van der Waals surface area (Å²) in [4.78, 5) is 11.9. The van der Waals surface area contributed by atoms with Crippen LogP contribution in [0, 0.1) is 6.92 Å². The van der Waals surface area contributed by atoms with Gasteiger partial charge in [0.05, 0.1) is 12.1 Å². The molecule has 0 saturated heterocycles. The summed E-state index contributed by atoms with van der Waals surface area (Å²) in [6.07, 6.45) is -4.44. The Morgan fingerprint density at radius 2 is 1.91 bits per heavy atom. The smallest absolute Gasteiger partial charge is 0.375 e. The van der Waals surface area contributed by atoms with Crippen molar-refractivity contribution in [2.45, 2.75) is 13.1 Å². The highest BCUT2D eigenvalue weighted by atomic mass is 79.9. The number of carbonyl (C=O) groups is 1. The Morgan fingerprint density at radius 3 is 2.57 bits per heavy atom. The van der Waals surface area contributed by atoms with Crippen LogP contribution in [0.4, 0.5) is 24.5 Å². The van der Waals surface area contributed by atoms with Crippen LogP contribution in [0.3, 0.4) is 0 Å². The Balaban J connectivity index is 1.97. The highest BCUT2D eigenvalue weighted by Gasteiger charge is 2.30. The number of hydrogen-bond acceptors (Lipinski definition) is 2. The second-order valence-electron chi connectivity index (χ2n) is 4.96. The molecule has 0 aromatic heterocycles. The van der Waals surface area contributed by atoms with E-state index in [0.29, 0.717) is 0 Å². The second kappa shape index (κ2) is 7.04. The van der Waals surface area contributed by atoms with Gasteiger partial charge >= 0.3 is 6.18 Å². The van der Waals surface area contributed by atoms with E-state index in [-0.39, 0.29) is 12.2 Å². The van der Waals surface area contributed by atoms with Crippen LogP contribution in [0.15, 0.2) is 46.9 Å². The number of benzene rings is 2. The number of alkyl halides is 3. The maximum atomic E-state index is 12.6. The van der Waals surface area contributed by atoms with Gasteiger partial charge in [0.1, 0.15) is 0 Å². The third-order valence-electron chi connectivity index (χ3n) is 3.04. The minimum absolute atomic E-state index is 0.0576. The zero-order valence-corrected chi connectivity index (χ0v) is 13.8. The lowest BCUT2D eigenvalue weighted by Crippen LogP contribution is -2.22. The van der Waals surface area contributed by atoms with Crippen molar-refractivity contribution in [2.24, 2.45) is 0 Å². The number of aryl methyl sites for hydroxylation is 1. The van der Waals surface area contributed by atoms with Crippen molar-refractivity contribution in [3.05, 3.63) is 58.1 Å². The Kier molecular flexibility index (Phi) is 5.30. The first kappa shape index (κ1) is 17.3. The Hall–Kier alpha value is -2.02. The topological polar surface area (TPSA) is 41.1 Å². The molecule has 0 spiro atoms. The van der Waals surface area contributed by atoms with E-state index in [1.54, 1.807) is 0 Å². The summed E-state index contributed by atoms with van der Waals surface area (Å²) >= 11 is 3.38. The maximum absolute atomic E-state index is 12.6. The Labute approximate surface area is 140 Å². The van der Waals surface area contributed by atoms with E-state index in [9.17, 15) is 18.0 Å². The zero-order chi connectivity index (χ0) is 17.0. The van der Waals surface area contributed by atoms with E-state index in [0.717, 1.165) is 27.9 Å². The van der Waals surface area contributed by atoms with Crippen LogP contribution in [0.25, 0.3) is 0 Å². The summed E-state index contributed by atoms with van der Waals surface area (Å²) in [6, 6.07) is 10.1. The monoisotopic (exact) mass is 386 g/mol. The van der Waals surface area contributed by atoms with E-state index in [2.05, 4.69) is 26.6 Å². The normalized spacial score (nSPS) is 11.2. The Morgan fingerprint density at radius 1 is 1.17 bits per heavy atom. The molecule has 2 rings (SSSR count). The van der Waals surface area contributed by atoms with E-state index in [4.69, 9.17) is 0 Å². The third-order valence-corrected chi connectivity index (χ3v) is 3.69. The molecule has 0 heterocycles. The van der Waals surface area contributed by atoms with Crippen molar-refractivity contribution in [2.75, 3.05) is 17.2 Å². The van der Waals surface area contributed by atoms with Crippen molar-refractivity contribution in [3.8, 4) is 0 Å². The molecule has 0 unspecified atom stereocenters. The zero-order valence-electron chi connectivity index (χ0n) is 12.2. The molecule has 0 aliphatic rings. The fraction of sp³-hybridized carbons (Fsp3) is 0.188. The van der Waals surface area contributed by atoms with Gasteiger partial charge < -0.3 is 10.6 Å². The van der Waals surface area contributed by atoms with Crippen LogP contribution in [-0.4, -0.2) is 12.5 Å². The van der Waals surface area contributed by atoms with E-state index in [1.165, 1.54) is 12.1 Å². The summed E-state index contributed by atoms with van der Waals surface area (Å²) in [6.45, 7) is 1.88. The van der Waals surface area contributed by atoms with Crippen LogP contribution in [0.2, 0.25) is 0 Å². The molecule has 23 heavy (non-hydrogen) atoms. The molecule has 0 radical (unpaired) electrons. The van der Waals surface area contributed by atoms with Gasteiger partial charge in [-0.25, -0.2) is 0 Å². The van der Waals surface area contributed by atoms with Crippen molar-refractivity contribution in [1.29, 1.82) is 0 Å². The summed E-state index contributed by atoms with van der Waals surface area (Å²) < 4.78 is 38.7. The molecule has 7 heteroatoms. The first-order valence-corrected chi connectivity index (χ1v) is 7.52. The van der Waals surface area contributed by atoms with Crippen molar-refractivity contribution < 1.29 is 18.0 Å². The van der Waals surface area contributed by atoms with Crippen LogP contribution in [0.5, 0.6) is 0 Å². The first-order chi connectivity index (χ1) is 10.8. The molecule has 1 amide bonds. The van der Waals surface area contributed by atoms with Gasteiger partial charge in [0, 0.05) is 15.8 Å². The van der Waals surface area contributed by atoms with Crippen molar-refractivity contribution in [3.63, 3.8) is 0 Å². The standard InChI is InChI=1S/C16H14BrF3N2O/c1-10-5-6-14(13(17)7-10)21-9-15(23)22-12-4-2-3-11(8-12)16(18,19)20/h2-8,21H,9H2,1H3,(H,22,23). The summed E-state index contributed by atoms with van der Waals surface area (Å²) in [7, 11) is 0. The molecule has 0 bridgehead atoms. The number of carbonyl (C=O) groups excluding carboxylic acids is 1. The van der Waals surface area contributed by atoms with Crippen LogP contribution < -0.4 is 10.6 Å². The summed E-state index contributed by atoms with van der Waals surface area (Å²) in [5.74, 6) is -0.434. The molecule has 3 nitrogen and oxygen atoms in total. The SMILES string of the molecule is Cc1ccc(NCC(=O)Nc2cccc(C(F)(F)F)c2)c(Br)c1. The number of anilines is 2. The third kappa shape index (κ3) is 4.99. The summed E-state index contributed by atoms with van der Waals surface area (Å²) in [5, 5.41) is 5.36. The average Bonchev–Trinajstić information content (AvgIpc) is 2.45. The molecule has 0 aliphatic carbocycles. The van der Waals surface area contributed by atoms with Crippen LogP contribution >= 0.6 is 15.9 Å². The van der Waals surface area contributed by atoms with Gasteiger partial charge in [-0.05, 0) is 58.7 Å². The lowest BCUT2D eigenvalue weighted by Gasteiger charge is -2.11. The molecule has 0 atom stereocenters. The Bertz CT molecular complexity index is 717. The van der Waals surface area contributed by atoms with E-state index < -0.39 is 17.6 Å². The minimum atomic E-state index is -4.44. The highest BCUT2D eigenvalue weighted by molar-refractivity contribution is 9.10. The minimum Gasteiger partial charge on any atom is -0.375 e. The predicted molar refractivity (Wildman–Crippen MR) is 87.4 cm³/mol. The largest absolute Gasteiger partial charge is 0.416 e. The van der Waals surface area contributed by atoms with Crippen molar-refractivity contribution >= 4 is 33.2 Å². The molecule has 2 N–H and O–H groups in total. The molecule has 2 aromatic carbocycles. The van der Waals surface area contributed by atoms with Crippen molar-refractivity contribution in [1.82, 2.24) is 0 Å². The second-order valence-corrected chi connectivity index (χ2v) is 5.82. The molecule has 0 aliphatic heterocycles. The molecule has 122 valence electrons. The fourth-order valence-electron chi connectivity index (χ4n) is 1.92. The molecular weight excluding hydrogens is 373 g/mol. The number of amides is 1.